The fourth-order valence-corrected chi connectivity index (χ4v) is 3.80. The largest absolute Gasteiger partial charge is 0.508 e. The van der Waals surface area contributed by atoms with Crippen molar-refractivity contribution in [1.29, 1.82) is 0 Å². The van der Waals surface area contributed by atoms with Crippen molar-refractivity contribution in [3.8, 4) is 5.75 Å². The van der Waals surface area contributed by atoms with Crippen LogP contribution in [0, 0.1) is 5.92 Å². The summed E-state index contributed by atoms with van der Waals surface area (Å²) >= 11 is 1.51. The maximum Gasteiger partial charge on any atom is 0.326 e. The van der Waals surface area contributed by atoms with Gasteiger partial charge in [-0.25, -0.2) is 4.79 Å². The van der Waals surface area contributed by atoms with Gasteiger partial charge in [-0.1, -0.05) is 26.0 Å². The van der Waals surface area contributed by atoms with Crippen LogP contribution in [0.25, 0.3) is 0 Å². The lowest BCUT2D eigenvalue weighted by atomic mass is 10.0. The summed E-state index contributed by atoms with van der Waals surface area (Å²) in [5, 5.41) is 35.4. The minimum Gasteiger partial charge on any atom is -0.508 e. The molecule has 0 saturated carbocycles. The molecule has 0 spiro atoms. The number of carbonyl (C=O) groups excluding carboxylic acids is 3. The van der Waals surface area contributed by atoms with E-state index in [2.05, 4.69) is 16.0 Å². The van der Waals surface area contributed by atoms with Gasteiger partial charge < -0.3 is 37.0 Å². The minimum atomic E-state index is -1.37. The Hall–Kier alpha value is -3.32. The molecule has 0 aliphatic rings. The average Bonchev–Trinajstić information content (AvgIpc) is 2.83. The highest BCUT2D eigenvalue weighted by Crippen LogP contribution is 2.13. The molecule has 0 heterocycles. The predicted molar refractivity (Wildman–Crippen MR) is 138 cm³/mol. The molecule has 206 valence electrons. The van der Waals surface area contributed by atoms with Crippen LogP contribution in [-0.2, 0) is 30.4 Å². The highest BCUT2D eigenvalue weighted by molar-refractivity contribution is 7.98. The van der Waals surface area contributed by atoms with E-state index in [-0.39, 0.29) is 18.6 Å². The highest BCUT2D eigenvalue weighted by atomic mass is 32.2. The van der Waals surface area contributed by atoms with E-state index in [1.54, 1.807) is 26.0 Å². The number of hydrogen-bond donors (Lipinski definition) is 7. The van der Waals surface area contributed by atoms with Gasteiger partial charge in [0.2, 0.25) is 17.7 Å². The number of aliphatic carboxylic acids is 2. The summed E-state index contributed by atoms with van der Waals surface area (Å²) in [6, 6.07) is 1.27. The second-order valence-electron chi connectivity index (χ2n) is 8.88. The third kappa shape index (κ3) is 11.5. The van der Waals surface area contributed by atoms with E-state index in [0.29, 0.717) is 17.7 Å². The summed E-state index contributed by atoms with van der Waals surface area (Å²) < 4.78 is 0. The fourth-order valence-electron chi connectivity index (χ4n) is 3.31. The number of aromatic hydroxyl groups is 1. The number of phenolic OH excluding ortho intramolecular Hbond substituents is 1. The first-order valence-electron chi connectivity index (χ1n) is 11.7. The van der Waals surface area contributed by atoms with E-state index in [4.69, 9.17) is 10.8 Å². The van der Waals surface area contributed by atoms with Gasteiger partial charge in [-0.3, -0.25) is 19.2 Å². The van der Waals surface area contributed by atoms with Crippen molar-refractivity contribution in [3.63, 3.8) is 0 Å². The Bertz CT molecular complexity index is 941. The van der Waals surface area contributed by atoms with Crippen LogP contribution in [0.5, 0.6) is 5.75 Å². The molecular formula is C24H36N4O8S. The molecule has 1 rings (SSSR count). The number of carbonyl (C=O) groups is 5. The maximum atomic E-state index is 13.2. The van der Waals surface area contributed by atoms with Gasteiger partial charge in [0.25, 0.3) is 0 Å². The Morgan fingerprint density at radius 3 is 1.97 bits per heavy atom. The molecular weight excluding hydrogens is 504 g/mol. The van der Waals surface area contributed by atoms with Gasteiger partial charge in [-0.2, -0.15) is 11.8 Å². The Balaban J connectivity index is 3.15. The van der Waals surface area contributed by atoms with Crippen molar-refractivity contribution < 1.29 is 39.3 Å². The zero-order valence-corrected chi connectivity index (χ0v) is 21.9. The standard InChI is InChI=1S/C24H36N4O8S/c1-13(2)20(24(35)36)28-22(33)17(8-9-19(30)31)26-23(34)18(12-14-4-6-15(29)7-5-14)27-21(32)16(25)10-11-37-3/h4-7,13,16-18,20,29H,8-12,25H2,1-3H3,(H,26,34)(H,27,32)(H,28,33)(H,30,31)(H,35,36). The number of nitrogens with two attached hydrogens (primary N) is 1. The van der Waals surface area contributed by atoms with Gasteiger partial charge in [0.1, 0.15) is 23.9 Å². The Morgan fingerprint density at radius 2 is 1.46 bits per heavy atom. The van der Waals surface area contributed by atoms with Crippen LogP contribution in [0.15, 0.2) is 24.3 Å². The number of amides is 3. The molecule has 0 bridgehead atoms. The SMILES string of the molecule is CSCCC(N)C(=O)NC(Cc1ccc(O)cc1)C(=O)NC(CCC(=O)O)C(=O)NC(C(=O)O)C(C)C. The van der Waals surface area contributed by atoms with Gasteiger partial charge in [0.05, 0.1) is 6.04 Å². The lowest BCUT2D eigenvalue weighted by Crippen LogP contribution is -2.58. The quantitative estimate of drug-likeness (QED) is 0.150. The molecule has 0 aliphatic carbocycles. The molecule has 4 atom stereocenters. The molecule has 4 unspecified atom stereocenters. The van der Waals surface area contributed by atoms with Crippen molar-refractivity contribution in [2.24, 2.45) is 11.7 Å². The minimum absolute atomic E-state index is 0.00981. The summed E-state index contributed by atoms with van der Waals surface area (Å²) in [5.74, 6) is -4.53. The van der Waals surface area contributed by atoms with Gasteiger partial charge in [0, 0.05) is 12.8 Å². The molecule has 0 saturated heterocycles. The monoisotopic (exact) mass is 540 g/mol. The third-order valence-corrected chi connectivity index (χ3v) is 6.13. The normalized spacial score (nSPS) is 14.2. The Labute approximate surface area is 219 Å². The van der Waals surface area contributed by atoms with Gasteiger partial charge in [-0.05, 0) is 48.5 Å². The summed E-state index contributed by atoms with van der Waals surface area (Å²) in [6.07, 6.45) is 1.46. The average molecular weight is 541 g/mol. The maximum absolute atomic E-state index is 13.2. The van der Waals surface area contributed by atoms with Crippen LogP contribution in [0.4, 0.5) is 0 Å². The predicted octanol–water partition coefficient (Wildman–Crippen LogP) is 0.0749. The second-order valence-corrected chi connectivity index (χ2v) is 9.87. The Morgan fingerprint density at radius 1 is 0.892 bits per heavy atom. The van der Waals surface area contributed by atoms with E-state index < -0.39 is 66.2 Å². The number of rotatable bonds is 16. The number of thioether (sulfide) groups is 1. The van der Waals surface area contributed by atoms with E-state index in [9.17, 15) is 34.2 Å². The molecule has 12 nitrogen and oxygen atoms in total. The van der Waals surface area contributed by atoms with E-state index in [0.717, 1.165) is 0 Å². The second kappa shape index (κ2) is 15.7. The lowest BCUT2D eigenvalue weighted by Gasteiger charge is -2.26. The smallest absolute Gasteiger partial charge is 0.326 e. The molecule has 0 aliphatic heterocycles. The third-order valence-electron chi connectivity index (χ3n) is 5.49. The zero-order valence-electron chi connectivity index (χ0n) is 21.1. The molecule has 0 aromatic heterocycles. The van der Waals surface area contributed by atoms with Gasteiger partial charge in [-0.15, -0.1) is 0 Å². The summed E-state index contributed by atoms with van der Waals surface area (Å²) in [7, 11) is 0. The van der Waals surface area contributed by atoms with Crippen LogP contribution in [0.1, 0.15) is 38.7 Å². The van der Waals surface area contributed by atoms with Crippen LogP contribution in [-0.4, -0.2) is 81.2 Å². The van der Waals surface area contributed by atoms with E-state index in [1.165, 1.54) is 23.9 Å². The highest BCUT2D eigenvalue weighted by Gasteiger charge is 2.31. The van der Waals surface area contributed by atoms with Gasteiger partial charge in [0.15, 0.2) is 0 Å². The number of phenols is 1. The molecule has 3 amide bonds. The molecule has 13 heteroatoms. The van der Waals surface area contributed by atoms with Crippen LogP contribution >= 0.6 is 11.8 Å². The van der Waals surface area contributed by atoms with Crippen molar-refractivity contribution in [1.82, 2.24) is 16.0 Å². The van der Waals surface area contributed by atoms with Crippen molar-refractivity contribution in [2.75, 3.05) is 12.0 Å². The number of carboxylic acid groups (broad SMARTS) is 2. The zero-order chi connectivity index (χ0) is 28.1. The summed E-state index contributed by atoms with van der Waals surface area (Å²) in [5.41, 5.74) is 6.52. The number of hydrogen-bond acceptors (Lipinski definition) is 8. The summed E-state index contributed by atoms with van der Waals surface area (Å²) in [6.45, 7) is 3.18. The topological polar surface area (TPSA) is 208 Å². The Kier molecular flexibility index (Phi) is 13.5. The summed E-state index contributed by atoms with van der Waals surface area (Å²) in [4.78, 5) is 61.4. The molecule has 0 radical (unpaired) electrons. The van der Waals surface area contributed by atoms with E-state index >= 15 is 0 Å². The number of benzene rings is 1. The van der Waals surface area contributed by atoms with Crippen molar-refractivity contribution in [2.45, 2.75) is 63.7 Å². The number of nitrogens with one attached hydrogen (secondary N) is 3. The molecule has 0 fully saturated rings. The van der Waals surface area contributed by atoms with Crippen molar-refractivity contribution in [3.05, 3.63) is 29.8 Å². The first kappa shape index (κ1) is 31.7. The number of carboxylic acids is 2. The molecule has 37 heavy (non-hydrogen) atoms. The molecule has 1 aromatic rings. The van der Waals surface area contributed by atoms with Gasteiger partial charge >= 0.3 is 11.9 Å². The van der Waals surface area contributed by atoms with E-state index in [1.807, 2.05) is 6.26 Å². The van der Waals surface area contributed by atoms with Crippen LogP contribution in [0.3, 0.4) is 0 Å². The fraction of sp³-hybridized carbons (Fsp3) is 0.542. The first-order valence-corrected chi connectivity index (χ1v) is 13.1. The molecule has 1 aromatic carbocycles. The molecule has 8 N–H and O–H groups in total. The lowest BCUT2D eigenvalue weighted by molar-refractivity contribution is -0.144. The first-order chi connectivity index (χ1) is 17.3. The van der Waals surface area contributed by atoms with Crippen LogP contribution < -0.4 is 21.7 Å². The van der Waals surface area contributed by atoms with Crippen LogP contribution in [0.2, 0.25) is 0 Å². The van der Waals surface area contributed by atoms with Crippen molar-refractivity contribution >= 4 is 41.4 Å².